The number of rotatable bonds is 6. The molecule has 0 aromatic carbocycles. The molecule has 0 radical (unpaired) electrons. The highest BCUT2D eigenvalue weighted by molar-refractivity contribution is 7.85. The summed E-state index contributed by atoms with van der Waals surface area (Å²) in [5.74, 6) is 4.94. The second-order valence-corrected chi connectivity index (χ2v) is 10.4. The molecule has 2 aliphatic heterocycles. The van der Waals surface area contributed by atoms with Crippen molar-refractivity contribution in [1.29, 1.82) is 0 Å². The van der Waals surface area contributed by atoms with Gasteiger partial charge in [0.2, 0.25) is 5.95 Å². The molecule has 1 amide bonds. The molecule has 35 heavy (non-hydrogen) atoms. The molecule has 0 bridgehead atoms. The van der Waals surface area contributed by atoms with E-state index in [0.29, 0.717) is 53.3 Å². The van der Waals surface area contributed by atoms with Gasteiger partial charge < -0.3 is 20.3 Å². The molecule has 182 valence electrons. The largest absolute Gasteiger partial charge is 0.447 e. The fraction of sp³-hybridized carbons (Fsp3) is 0.458. The molecule has 1 aliphatic carbocycles. The Morgan fingerprint density at radius 3 is 2.71 bits per heavy atom. The summed E-state index contributed by atoms with van der Waals surface area (Å²) in [4.78, 5) is 32.8. The third kappa shape index (κ3) is 4.71. The summed E-state index contributed by atoms with van der Waals surface area (Å²) < 4.78 is 18.1. The lowest BCUT2D eigenvalue weighted by atomic mass is 9.77. The van der Waals surface area contributed by atoms with Crippen LogP contribution >= 0.6 is 0 Å². The number of nitrogens with zero attached hydrogens (tertiary/aromatic N) is 5. The van der Waals surface area contributed by atoms with E-state index in [1.165, 1.54) is 7.05 Å². The smallest absolute Gasteiger partial charge is 0.406 e. The molecule has 2 N–H and O–H groups in total. The number of hydrogen-bond acceptors (Lipinski definition) is 9. The predicted octanol–water partition coefficient (Wildman–Crippen LogP) is 1.90. The first-order valence-electron chi connectivity index (χ1n) is 11.7. The number of nitrogens with one attached hydrogen (secondary N) is 2. The molecule has 0 unspecified atom stereocenters. The maximum Gasteiger partial charge on any atom is 0.406 e. The van der Waals surface area contributed by atoms with Crippen molar-refractivity contribution in [3.63, 3.8) is 0 Å². The molecule has 0 spiro atoms. The average Bonchev–Trinajstić information content (AvgIpc) is 3.26. The minimum Gasteiger partial charge on any atom is -0.447 e. The van der Waals surface area contributed by atoms with Crippen molar-refractivity contribution in [3.8, 4) is 12.3 Å². The molecule has 11 heteroatoms. The third-order valence-corrected chi connectivity index (χ3v) is 8.11. The number of fused-ring (bicyclic) bond motifs is 1. The Labute approximate surface area is 206 Å². The Hall–Kier alpha value is -3.52. The van der Waals surface area contributed by atoms with Crippen LogP contribution in [0.1, 0.15) is 42.8 Å². The molecule has 2 aromatic heterocycles. The van der Waals surface area contributed by atoms with Crippen LogP contribution < -0.4 is 15.5 Å². The number of carbonyl (C=O) groups is 1. The minimum atomic E-state index is -1.15. The van der Waals surface area contributed by atoms with Crippen LogP contribution in [0.2, 0.25) is 0 Å². The van der Waals surface area contributed by atoms with Crippen molar-refractivity contribution in [3.05, 3.63) is 35.6 Å². The SMILES string of the molecule is C#Cc1cnc(C2=CCN(c3nc4c(c(NC5(COC(=O)NC)CCC5)n3)[S@](=O)CC4)CC2)nc1. The molecule has 10 nitrogen and oxygen atoms in total. The fourth-order valence-electron chi connectivity index (χ4n) is 4.47. The normalized spacial score (nSPS) is 20.2. The van der Waals surface area contributed by atoms with E-state index in [1.54, 1.807) is 12.4 Å². The molecule has 1 atom stereocenters. The highest BCUT2D eigenvalue weighted by Crippen LogP contribution is 2.39. The van der Waals surface area contributed by atoms with Crippen molar-refractivity contribution in [2.75, 3.05) is 42.7 Å². The quantitative estimate of drug-likeness (QED) is 0.581. The maximum atomic E-state index is 12.8. The van der Waals surface area contributed by atoms with Crippen LogP contribution in [0.25, 0.3) is 5.57 Å². The molecule has 1 fully saturated rings. The van der Waals surface area contributed by atoms with Gasteiger partial charge in [0.25, 0.3) is 0 Å². The van der Waals surface area contributed by atoms with Gasteiger partial charge in [-0.2, -0.15) is 4.98 Å². The minimum absolute atomic E-state index is 0.224. The zero-order valence-electron chi connectivity index (χ0n) is 19.5. The van der Waals surface area contributed by atoms with E-state index in [1.807, 2.05) is 0 Å². The van der Waals surface area contributed by atoms with Gasteiger partial charge >= 0.3 is 6.09 Å². The summed E-state index contributed by atoms with van der Waals surface area (Å²) in [5, 5.41) is 5.98. The number of anilines is 2. The van der Waals surface area contributed by atoms with Gasteiger partial charge in [-0.1, -0.05) is 12.0 Å². The molecule has 5 rings (SSSR count). The third-order valence-electron chi connectivity index (χ3n) is 6.65. The second-order valence-electron chi connectivity index (χ2n) is 8.90. The Morgan fingerprint density at radius 2 is 2.09 bits per heavy atom. The molecular weight excluding hydrogens is 466 g/mol. The average molecular weight is 494 g/mol. The molecule has 1 saturated carbocycles. The number of hydrogen-bond donors (Lipinski definition) is 2. The van der Waals surface area contributed by atoms with E-state index >= 15 is 0 Å². The topological polar surface area (TPSA) is 122 Å². The van der Waals surface area contributed by atoms with Crippen LogP contribution in [-0.2, 0) is 22.0 Å². The van der Waals surface area contributed by atoms with Gasteiger partial charge in [-0.25, -0.2) is 19.7 Å². The van der Waals surface area contributed by atoms with Gasteiger partial charge in [0.05, 0.1) is 27.6 Å². The number of aryl methyl sites for hydroxylation is 1. The van der Waals surface area contributed by atoms with Crippen LogP contribution in [-0.4, -0.2) is 68.3 Å². The number of carbonyl (C=O) groups excluding carboxylic acids is 1. The number of alkyl carbamates (subject to hydrolysis) is 1. The monoisotopic (exact) mass is 493 g/mol. The predicted molar refractivity (Wildman–Crippen MR) is 132 cm³/mol. The zero-order valence-corrected chi connectivity index (χ0v) is 20.4. The lowest BCUT2D eigenvalue weighted by Gasteiger charge is -2.42. The molecular formula is C24H27N7O3S. The first-order valence-corrected chi connectivity index (χ1v) is 13.0. The van der Waals surface area contributed by atoms with Gasteiger partial charge in [-0.05, 0) is 31.3 Å². The lowest BCUT2D eigenvalue weighted by molar-refractivity contribution is 0.0959. The van der Waals surface area contributed by atoms with Crippen LogP contribution in [0, 0.1) is 12.3 Å². The fourth-order valence-corrected chi connectivity index (χ4v) is 5.77. The van der Waals surface area contributed by atoms with E-state index in [0.717, 1.165) is 37.0 Å². The number of ether oxygens (including phenoxy) is 1. The van der Waals surface area contributed by atoms with E-state index in [-0.39, 0.29) is 6.61 Å². The number of terminal acetylenes is 1. The molecule has 3 aliphatic rings. The zero-order chi connectivity index (χ0) is 24.4. The Bertz CT molecular complexity index is 1230. The van der Waals surface area contributed by atoms with Crippen LogP contribution in [0.15, 0.2) is 23.4 Å². The molecule has 0 saturated heterocycles. The van der Waals surface area contributed by atoms with E-state index in [2.05, 4.69) is 37.5 Å². The van der Waals surface area contributed by atoms with Crippen molar-refractivity contribution < 1.29 is 13.7 Å². The van der Waals surface area contributed by atoms with E-state index < -0.39 is 22.4 Å². The van der Waals surface area contributed by atoms with Crippen molar-refractivity contribution >= 4 is 34.2 Å². The summed E-state index contributed by atoms with van der Waals surface area (Å²) in [5.41, 5.74) is 2.13. The summed E-state index contributed by atoms with van der Waals surface area (Å²) in [6.07, 6.45) is 14.4. The van der Waals surface area contributed by atoms with Gasteiger partial charge in [-0.15, -0.1) is 6.42 Å². The van der Waals surface area contributed by atoms with Gasteiger partial charge in [0.1, 0.15) is 17.3 Å². The summed E-state index contributed by atoms with van der Waals surface area (Å²) in [6, 6.07) is 0. The van der Waals surface area contributed by atoms with Crippen molar-refractivity contribution in [2.45, 2.75) is 42.5 Å². The van der Waals surface area contributed by atoms with Crippen LogP contribution in [0.4, 0.5) is 16.6 Å². The first-order chi connectivity index (χ1) is 17.0. The van der Waals surface area contributed by atoms with Gasteiger partial charge in [-0.3, -0.25) is 4.21 Å². The molecule has 4 heterocycles. The highest BCUT2D eigenvalue weighted by Gasteiger charge is 2.41. The van der Waals surface area contributed by atoms with E-state index in [4.69, 9.17) is 21.1 Å². The number of amides is 1. The van der Waals surface area contributed by atoms with E-state index in [9.17, 15) is 9.00 Å². The van der Waals surface area contributed by atoms with Gasteiger partial charge in [0, 0.05) is 44.7 Å². The van der Waals surface area contributed by atoms with Gasteiger partial charge in [0.15, 0.2) is 5.82 Å². The first kappa shape index (κ1) is 23.2. The Kier molecular flexibility index (Phi) is 6.38. The molecule has 2 aromatic rings. The van der Waals surface area contributed by atoms with Crippen molar-refractivity contribution in [2.24, 2.45) is 0 Å². The Balaban J connectivity index is 1.38. The van der Waals surface area contributed by atoms with Crippen LogP contribution in [0.3, 0.4) is 0 Å². The Morgan fingerprint density at radius 1 is 1.29 bits per heavy atom. The maximum absolute atomic E-state index is 12.8. The summed E-state index contributed by atoms with van der Waals surface area (Å²) in [7, 11) is 0.383. The standard InChI is InChI=1S/C24H27N7O3S/c1-3-16-13-26-20(27-14-16)17-5-10-31(11-6-17)22-28-18-7-12-35(33)19(18)21(29-22)30-24(8-4-9-24)15-34-23(32)25-2/h1,5,13-14H,4,6-12,15H2,2H3,(H,25,32)(H,28,29,30)/t35-/m1/s1. The summed E-state index contributed by atoms with van der Waals surface area (Å²) in [6.45, 7) is 1.54. The lowest BCUT2D eigenvalue weighted by Crippen LogP contribution is -2.50. The second kappa shape index (κ2) is 9.62. The highest BCUT2D eigenvalue weighted by atomic mass is 32.2. The van der Waals surface area contributed by atoms with Crippen molar-refractivity contribution in [1.82, 2.24) is 25.3 Å². The number of aromatic nitrogens is 4. The van der Waals surface area contributed by atoms with Crippen LogP contribution in [0.5, 0.6) is 0 Å². The summed E-state index contributed by atoms with van der Waals surface area (Å²) >= 11 is 0.